The molecule has 0 bridgehead atoms. The number of hydrogen-bond donors (Lipinski definition) is 1. The van der Waals surface area contributed by atoms with Crippen molar-refractivity contribution in [3.05, 3.63) is 59.9 Å². The topological polar surface area (TPSA) is 38.5 Å². The Hall–Kier alpha value is -2.07. The summed E-state index contributed by atoms with van der Waals surface area (Å²) in [7, 11) is 0. The van der Waals surface area contributed by atoms with Crippen LogP contribution in [-0.2, 0) is 6.54 Å². The molecule has 3 rings (SSSR count). The van der Waals surface area contributed by atoms with Gasteiger partial charge in [0.2, 0.25) is 0 Å². The number of rotatable bonds is 4. The summed E-state index contributed by atoms with van der Waals surface area (Å²) in [4.78, 5) is 2.33. The van der Waals surface area contributed by atoms with Gasteiger partial charge < -0.3 is 10.5 Å². The van der Waals surface area contributed by atoms with Crippen LogP contribution in [0, 0.1) is 5.82 Å². The molecule has 3 nitrogen and oxygen atoms in total. The lowest BCUT2D eigenvalue weighted by atomic mass is 10.2. The van der Waals surface area contributed by atoms with Crippen LogP contribution in [0.25, 0.3) is 0 Å². The molecule has 0 aromatic heterocycles. The zero-order chi connectivity index (χ0) is 14.7. The van der Waals surface area contributed by atoms with E-state index in [1.807, 2.05) is 18.2 Å². The lowest BCUT2D eigenvalue weighted by Gasteiger charge is -2.17. The highest BCUT2D eigenvalue weighted by Crippen LogP contribution is 2.24. The van der Waals surface area contributed by atoms with Crippen LogP contribution in [0.2, 0.25) is 0 Å². The summed E-state index contributed by atoms with van der Waals surface area (Å²) in [5, 5.41) is 0. The van der Waals surface area contributed by atoms with E-state index in [4.69, 9.17) is 10.5 Å². The number of hydrogen-bond acceptors (Lipinski definition) is 3. The molecular weight excluding hydrogens is 267 g/mol. The molecule has 1 atom stereocenters. The molecule has 0 spiro atoms. The van der Waals surface area contributed by atoms with Gasteiger partial charge in [-0.2, -0.15) is 0 Å². The summed E-state index contributed by atoms with van der Waals surface area (Å²) in [6.45, 7) is 2.69. The molecule has 1 heterocycles. The minimum Gasteiger partial charge on any atom is -0.486 e. The third-order valence-corrected chi connectivity index (χ3v) is 3.73. The maximum absolute atomic E-state index is 13.7. The highest BCUT2D eigenvalue weighted by molar-refractivity contribution is 5.42. The Morgan fingerprint density at radius 2 is 2.00 bits per heavy atom. The summed E-state index contributed by atoms with van der Waals surface area (Å²) in [5.74, 6) is -0.104. The Kier molecular flexibility index (Phi) is 4.06. The molecule has 0 amide bonds. The van der Waals surface area contributed by atoms with Crippen LogP contribution in [0.5, 0.6) is 5.75 Å². The molecule has 2 aromatic rings. The van der Waals surface area contributed by atoms with Crippen LogP contribution >= 0.6 is 0 Å². The van der Waals surface area contributed by atoms with Gasteiger partial charge in [-0.1, -0.05) is 30.3 Å². The van der Waals surface area contributed by atoms with E-state index < -0.39 is 5.82 Å². The molecule has 110 valence electrons. The first kappa shape index (κ1) is 13.9. The summed E-state index contributed by atoms with van der Waals surface area (Å²) in [5.41, 5.74) is 7.24. The third-order valence-electron chi connectivity index (χ3n) is 3.73. The van der Waals surface area contributed by atoms with Crippen LogP contribution in [0.4, 0.5) is 10.1 Å². The number of ether oxygens (including phenoxy) is 1. The Balaban J connectivity index is 1.57. The molecule has 21 heavy (non-hydrogen) atoms. The van der Waals surface area contributed by atoms with Crippen molar-refractivity contribution in [2.45, 2.75) is 19.1 Å². The fourth-order valence-corrected chi connectivity index (χ4v) is 2.67. The summed E-state index contributed by atoms with van der Waals surface area (Å²) >= 11 is 0. The van der Waals surface area contributed by atoms with Crippen molar-refractivity contribution < 1.29 is 9.13 Å². The second-order valence-electron chi connectivity index (χ2n) is 5.44. The average Bonchev–Trinajstić information content (AvgIpc) is 2.90. The van der Waals surface area contributed by atoms with Gasteiger partial charge >= 0.3 is 0 Å². The SMILES string of the molecule is Nc1ccc(OC2CCN(Cc3ccccc3)C2)c(F)c1. The van der Waals surface area contributed by atoms with E-state index in [0.29, 0.717) is 5.69 Å². The molecule has 4 heteroatoms. The van der Waals surface area contributed by atoms with Gasteiger partial charge in [-0.05, 0) is 24.1 Å². The van der Waals surface area contributed by atoms with Crippen molar-refractivity contribution in [1.82, 2.24) is 4.90 Å². The van der Waals surface area contributed by atoms with Crippen molar-refractivity contribution in [1.29, 1.82) is 0 Å². The molecule has 0 radical (unpaired) electrons. The quantitative estimate of drug-likeness (QED) is 0.878. The molecule has 1 aliphatic heterocycles. The third kappa shape index (κ3) is 3.52. The van der Waals surface area contributed by atoms with E-state index in [2.05, 4.69) is 17.0 Å². The van der Waals surface area contributed by atoms with Crippen molar-refractivity contribution in [2.24, 2.45) is 0 Å². The van der Waals surface area contributed by atoms with Gasteiger partial charge in [0.25, 0.3) is 0 Å². The van der Waals surface area contributed by atoms with E-state index in [9.17, 15) is 4.39 Å². The predicted molar refractivity (Wildman–Crippen MR) is 81.6 cm³/mol. The second kappa shape index (κ2) is 6.14. The molecule has 0 aliphatic carbocycles. The van der Waals surface area contributed by atoms with Gasteiger partial charge in [-0.15, -0.1) is 0 Å². The van der Waals surface area contributed by atoms with Crippen molar-refractivity contribution in [2.75, 3.05) is 18.8 Å². The highest BCUT2D eigenvalue weighted by Gasteiger charge is 2.24. The lowest BCUT2D eigenvalue weighted by Crippen LogP contribution is -2.24. The summed E-state index contributed by atoms with van der Waals surface area (Å²) < 4.78 is 19.5. The van der Waals surface area contributed by atoms with Gasteiger partial charge in [0.1, 0.15) is 6.10 Å². The first-order valence-electron chi connectivity index (χ1n) is 7.18. The minimum absolute atomic E-state index is 0.0341. The zero-order valence-corrected chi connectivity index (χ0v) is 11.8. The highest BCUT2D eigenvalue weighted by atomic mass is 19.1. The molecule has 1 aliphatic rings. The van der Waals surface area contributed by atoms with E-state index in [0.717, 1.165) is 26.1 Å². The van der Waals surface area contributed by atoms with Gasteiger partial charge in [0.15, 0.2) is 11.6 Å². The number of nitrogens with two attached hydrogens (primary N) is 1. The van der Waals surface area contributed by atoms with Crippen LogP contribution in [-0.4, -0.2) is 24.1 Å². The standard InChI is InChI=1S/C17H19FN2O/c18-16-10-14(19)6-7-17(16)21-15-8-9-20(12-15)11-13-4-2-1-3-5-13/h1-7,10,15H,8-9,11-12,19H2. The Morgan fingerprint density at radius 3 is 2.76 bits per heavy atom. The zero-order valence-electron chi connectivity index (χ0n) is 11.8. The smallest absolute Gasteiger partial charge is 0.167 e. The Bertz CT molecular complexity index is 603. The van der Waals surface area contributed by atoms with Crippen LogP contribution in [0.1, 0.15) is 12.0 Å². The number of likely N-dealkylation sites (tertiary alicyclic amines) is 1. The maximum Gasteiger partial charge on any atom is 0.167 e. The van der Waals surface area contributed by atoms with E-state index in [-0.39, 0.29) is 11.9 Å². The molecule has 1 saturated heterocycles. The van der Waals surface area contributed by atoms with Crippen LogP contribution in [0.3, 0.4) is 0 Å². The second-order valence-corrected chi connectivity index (χ2v) is 5.44. The fraction of sp³-hybridized carbons (Fsp3) is 0.294. The molecule has 0 saturated carbocycles. The largest absolute Gasteiger partial charge is 0.486 e. The van der Waals surface area contributed by atoms with Crippen LogP contribution < -0.4 is 10.5 Å². The fourth-order valence-electron chi connectivity index (χ4n) is 2.67. The first-order valence-corrected chi connectivity index (χ1v) is 7.18. The Morgan fingerprint density at radius 1 is 1.19 bits per heavy atom. The number of anilines is 1. The summed E-state index contributed by atoms with van der Waals surface area (Å²) in [6, 6.07) is 14.9. The lowest BCUT2D eigenvalue weighted by molar-refractivity contribution is 0.191. The summed E-state index contributed by atoms with van der Waals surface area (Å²) in [6.07, 6.45) is 0.947. The molecule has 2 N–H and O–H groups in total. The molecule has 1 unspecified atom stereocenters. The minimum atomic E-state index is -0.392. The maximum atomic E-state index is 13.7. The van der Waals surface area contributed by atoms with Crippen molar-refractivity contribution in [3.8, 4) is 5.75 Å². The van der Waals surface area contributed by atoms with Gasteiger partial charge in [-0.25, -0.2) is 4.39 Å². The molecular formula is C17H19FN2O. The van der Waals surface area contributed by atoms with E-state index >= 15 is 0 Å². The number of benzene rings is 2. The van der Waals surface area contributed by atoms with Crippen LogP contribution in [0.15, 0.2) is 48.5 Å². The van der Waals surface area contributed by atoms with E-state index in [1.54, 1.807) is 12.1 Å². The number of nitrogen functional groups attached to an aromatic ring is 1. The Labute approximate surface area is 124 Å². The van der Waals surface area contributed by atoms with Gasteiger partial charge in [-0.3, -0.25) is 4.90 Å². The number of halogens is 1. The number of nitrogens with zero attached hydrogens (tertiary/aromatic N) is 1. The van der Waals surface area contributed by atoms with Crippen molar-refractivity contribution >= 4 is 5.69 Å². The average molecular weight is 286 g/mol. The predicted octanol–water partition coefficient (Wildman–Crippen LogP) is 3.06. The van der Waals surface area contributed by atoms with E-state index in [1.165, 1.54) is 11.6 Å². The first-order chi connectivity index (χ1) is 10.2. The normalized spacial score (nSPS) is 18.8. The monoisotopic (exact) mass is 286 g/mol. The van der Waals surface area contributed by atoms with Gasteiger partial charge in [0.05, 0.1) is 0 Å². The van der Waals surface area contributed by atoms with Gasteiger partial charge in [0, 0.05) is 31.4 Å². The molecule has 2 aromatic carbocycles. The molecule has 1 fully saturated rings. The van der Waals surface area contributed by atoms with Crippen molar-refractivity contribution in [3.63, 3.8) is 0 Å².